The highest BCUT2D eigenvalue weighted by Gasteiger charge is 2.38. The van der Waals surface area contributed by atoms with Crippen molar-refractivity contribution in [1.29, 1.82) is 0 Å². The molecule has 138 valence electrons. The van der Waals surface area contributed by atoms with Gasteiger partial charge in [-0.1, -0.05) is 0 Å². The Kier molecular flexibility index (Phi) is 6.96. The van der Waals surface area contributed by atoms with E-state index in [0.29, 0.717) is 13.0 Å². The largest absolute Gasteiger partial charge is 0.311 e. The molecular formula is C10H21NO9S3. The fraction of sp³-hybridized carbons (Fsp3) is 1.00. The highest BCUT2D eigenvalue weighted by Crippen LogP contribution is 2.21. The Bertz CT molecular complexity index is 692. The molecule has 1 aliphatic heterocycles. The molecular weight excluding hydrogens is 374 g/mol. The lowest BCUT2D eigenvalue weighted by molar-refractivity contribution is 0.0158. The molecule has 0 aromatic rings. The van der Waals surface area contributed by atoms with E-state index >= 15 is 0 Å². The zero-order valence-corrected chi connectivity index (χ0v) is 15.4. The minimum atomic E-state index is -4.00. The van der Waals surface area contributed by atoms with Gasteiger partial charge in [-0.3, -0.25) is 12.5 Å². The van der Waals surface area contributed by atoms with E-state index in [9.17, 15) is 25.3 Å². The minimum Gasteiger partial charge on any atom is -0.311 e. The molecule has 1 N–H and O–H groups in total. The third kappa shape index (κ3) is 8.93. The number of hydrogen-bond acceptors (Lipinski definition) is 10. The van der Waals surface area contributed by atoms with E-state index in [0.717, 1.165) is 25.2 Å². The Morgan fingerprint density at radius 2 is 1.52 bits per heavy atom. The first-order valence-corrected chi connectivity index (χ1v) is 12.1. The summed E-state index contributed by atoms with van der Waals surface area (Å²) in [5.41, 5.74) is 0. The highest BCUT2D eigenvalue weighted by molar-refractivity contribution is 7.86. The van der Waals surface area contributed by atoms with Crippen LogP contribution in [0.5, 0.6) is 0 Å². The molecule has 0 spiro atoms. The lowest BCUT2D eigenvalue weighted by atomic mass is 10.0. The topological polar surface area (TPSA) is 142 Å². The Morgan fingerprint density at radius 3 is 1.91 bits per heavy atom. The monoisotopic (exact) mass is 395 g/mol. The van der Waals surface area contributed by atoms with Crippen LogP contribution in [0.25, 0.3) is 0 Å². The molecule has 1 saturated heterocycles. The maximum atomic E-state index is 11.5. The van der Waals surface area contributed by atoms with Crippen LogP contribution < -0.4 is 5.32 Å². The van der Waals surface area contributed by atoms with Gasteiger partial charge in [-0.25, -0.2) is 0 Å². The number of nitrogens with one attached hydrogen (secondary N) is 1. The maximum Gasteiger partial charge on any atom is 0.264 e. The first-order valence-electron chi connectivity index (χ1n) is 6.61. The minimum absolute atomic E-state index is 0.514. The molecule has 1 aliphatic rings. The SMILES string of the molecule is CS(=O)(=O)OC[C@@H](OS(C)(=O)=O)[C@@H](OS(C)(=O)=O)[C@H]1CCCN1. The summed E-state index contributed by atoms with van der Waals surface area (Å²) in [5.74, 6) is 0. The van der Waals surface area contributed by atoms with Gasteiger partial charge in [0, 0.05) is 6.04 Å². The van der Waals surface area contributed by atoms with Gasteiger partial charge >= 0.3 is 0 Å². The van der Waals surface area contributed by atoms with Gasteiger partial charge in [-0.05, 0) is 19.4 Å². The number of rotatable bonds is 9. The van der Waals surface area contributed by atoms with E-state index in [1.54, 1.807) is 0 Å². The summed E-state index contributed by atoms with van der Waals surface area (Å²) in [4.78, 5) is 0. The Labute approximate surface area is 136 Å². The van der Waals surface area contributed by atoms with E-state index < -0.39 is 55.2 Å². The van der Waals surface area contributed by atoms with E-state index in [-0.39, 0.29) is 0 Å². The van der Waals surface area contributed by atoms with Crippen LogP contribution in [0.15, 0.2) is 0 Å². The van der Waals surface area contributed by atoms with Crippen LogP contribution in [0.4, 0.5) is 0 Å². The molecule has 1 heterocycles. The van der Waals surface area contributed by atoms with Gasteiger partial charge in [0.25, 0.3) is 30.4 Å². The van der Waals surface area contributed by atoms with Crippen molar-refractivity contribution in [3.8, 4) is 0 Å². The third-order valence-corrected chi connectivity index (χ3v) is 4.62. The fourth-order valence-electron chi connectivity index (χ4n) is 2.17. The molecule has 0 aromatic heterocycles. The van der Waals surface area contributed by atoms with Crippen molar-refractivity contribution in [2.24, 2.45) is 0 Å². The summed E-state index contributed by atoms with van der Waals surface area (Å²) in [7, 11) is -11.8. The predicted molar refractivity (Wildman–Crippen MR) is 81.3 cm³/mol. The van der Waals surface area contributed by atoms with Crippen LogP contribution in [0.1, 0.15) is 12.8 Å². The van der Waals surface area contributed by atoms with Crippen LogP contribution >= 0.6 is 0 Å². The van der Waals surface area contributed by atoms with Gasteiger partial charge in [-0.2, -0.15) is 25.3 Å². The molecule has 0 amide bonds. The summed E-state index contributed by atoms with van der Waals surface area (Å²) in [6.45, 7) is -0.100. The van der Waals surface area contributed by atoms with Crippen molar-refractivity contribution in [2.75, 3.05) is 31.9 Å². The fourth-order valence-corrected chi connectivity index (χ4v) is 3.83. The first-order chi connectivity index (χ1) is 10.3. The highest BCUT2D eigenvalue weighted by atomic mass is 32.2. The van der Waals surface area contributed by atoms with Crippen molar-refractivity contribution in [1.82, 2.24) is 5.32 Å². The summed E-state index contributed by atoms with van der Waals surface area (Å²) in [5, 5.41) is 2.97. The standard InChI is InChI=1S/C10H21NO9S3/c1-21(12,13)18-7-9(19-22(2,14)15)10(20-23(3,16)17)8-5-4-6-11-8/h8-11H,4-7H2,1-3H3/t8-,9-,10+/m1/s1. The van der Waals surface area contributed by atoms with Gasteiger partial charge in [0.15, 0.2) is 0 Å². The number of hydrogen-bond donors (Lipinski definition) is 1. The lowest BCUT2D eigenvalue weighted by Crippen LogP contribution is -2.49. The molecule has 3 atom stereocenters. The second-order valence-electron chi connectivity index (χ2n) is 5.30. The molecule has 13 heteroatoms. The van der Waals surface area contributed by atoms with Gasteiger partial charge in [-0.15, -0.1) is 0 Å². The van der Waals surface area contributed by atoms with Crippen molar-refractivity contribution < 1.29 is 37.8 Å². The predicted octanol–water partition coefficient (Wildman–Crippen LogP) is -1.60. The molecule has 0 radical (unpaired) electrons. The molecule has 0 bridgehead atoms. The quantitative estimate of drug-likeness (QED) is 0.454. The van der Waals surface area contributed by atoms with Gasteiger partial charge < -0.3 is 5.32 Å². The molecule has 10 nitrogen and oxygen atoms in total. The zero-order chi connectivity index (χ0) is 17.9. The Morgan fingerprint density at radius 1 is 0.957 bits per heavy atom. The smallest absolute Gasteiger partial charge is 0.264 e. The molecule has 1 rings (SSSR count). The first kappa shape index (κ1) is 20.7. The summed E-state index contributed by atoms with van der Waals surface area (Å²) < 4.78 is 82.3. The van der Waals surface area contributed by atoms with Crippen LogP contribution in [0.2, 0.25) is 0 Å². The second-order valence-corrected chi connectivity index (χ2v) is 10.1. The van der Waals surface area contributed by atoms with Crippen molar-refractivity contribution >= 4 is 30.4 Å². The molecule has 0 aromatic carbocycles. The summed E-state index contributed by atoms with van der Waals surface area (Å²) in [6.07, 6.45) is 0.915. The molecule has 23 heavy (non-hydrogen) atoms. The Hall–Kier alpha value is -0.310. The van der Waals surface area contributed by atoms with Crippen molar-refractivity contribution in [3.63, 3.8) is 0 Å². The van der Waals surface area contributed by atoms with Crippen LogP contribution in [0, 0.1) is 0 Å². The van der Waals surface area contributed by atoms with Gasteiger partial charge in [0.1, 0.15) is 12.2 Å². The van der Waals surface area contributed by atoms with E-state index in [4.69, 9.17) is 8.37 Å². The Balaban J connectivity index is 3.07. The zero-order valence-electron chi connectivity index (χ0n) is 13.0. The molecule has 0 unspecified atom stereocenters. The van der Waals surface area contributed by atoms with Gasteiger partial charge in [0.2, 0.25) is 0 Å². The normalized spacial score (nSPS) is 22.8. The van der Waals surface area contributed by atoms with Crippen molar-refractivity contribution in [2.45, 2.75) is 31.1 Å². The summed E-state index contributed by atoms with van der Waals surface area (Å²) >= 11 is 0. The van der Waals surface area contributed by atoms with Gasteiger partial charge in [0.05, 0.1) is 25.4 Å². The molecule has 0 aliphatic carbocycles. The summed E-state index contributed by atoms with van der Waals surface area (Å²) in [6, 6.07) is -0.514. The lowest BCUT2D eigenvalue weighted by Gasteiger charge is -2.29. The van der Waals surface area contributed by atoms with Crippen LogP contribution in [-0.2, 0) is 42.9 Å². The van der Waals surface area contributed by atoms with Crippen molar-refractivity contribution in [3.05, 3.63) is 0 Å². The van der Waals surface area contributed by atoms with Crippen LogP contribution in [-0.4, -0.2) is 75.4 Å². The molecule has 0 saturated carbocycles. The maximum absolute atomic E-state index is 11.5. The van der Waals surface area contributed by atoms with Crippen LogP contribution in [0.3, 0.4) is 0 Å². The third-order valence-electron chi connectivity index (χ3n) is 2.89. The molecule has 1 fully saturated rings. The van der Waals surface area contributed by atoms with E-state index in [1.165, 1.54) is 0 Å². The average molecular weight is 395 g/mol. The van der Waals surface area contributed by atoms with E-state index in [1.807, 2.05) is 0 Å². The second kappa shape index (κ2) is 7.72. The average Bonchev–Trinajstić information content (AvgIpc) is 2.81. The van der Waals surface area contributed by atoms with E-state index in [2.05, 4.69) is 9.50 Å².